The lowest BCUT2D eigenvalue weighted by Crippen LogP contribution is -2.23. The third kappa shape index (κ3) is 7.62. The summed E-state index contributed by atoms with van der Waals surface area (Å²) in [5.41, 5.74) is 4.75. The van der Waals surface area contributed by atoms with Crippen LogP contribution in [-0.4, -0.2) is 0 Å². The van der Waals surface area contributed by atoms with Gasteiger partial charge in [0.25, 0.3) is 0 Å². The van der Waals surface area contributed by atoms with Crippen LogP contribution in [0.2, 0.25) is 0 Å². The molecule has 0 radical (unpaired) electrons. The molecule has 3 rings (SSSR count). The van der Waals surface area contributed by atoms with Crippen molar-refractivity contribution in [3.05, 3.63) is 47.0 Å². The molecule has 0 heterocycles. The zero-order valence-electron chi connectivity index (χ0n) is 19.4. The molecule has 1 aromatic rings. The maximum Gasteiger partial charge on any atom is -0.0241 e. The van der Waals surface area contributed by atoms with Crippen molar-refractivity contribution in [3.63, 3.8) is 0 Å². The molecule has 0 N–H and O–H groups in total. The molecule has 1 fully saturated rings. The summed E-state index contributed by atoms with van der Waals surface area (Å²) < 4.78 is 0. The van der Waals surface area contributed by atoms with E-state index in [0.29, 0.717) is 0 Å². The van der Waals surface area contributed by atoms with Gasteiger partial charge in [0.15, 0.2) is 0 Å². The maximum absolute atomic E-state index is 2.64. The highest BCUT2D eigenvalue weighted by Crippen LogP contribution is 2.41. The Balaban J connectivity index is 1.34. The Bertz CT molecular complexity index is 585. The Morgan fingerprint density at radius 1 is 0.690 bits per heavy atom. The van der Waals surface area contributed by atoms with E-state index in [4.69, 9.17) is 0 Å². The van der Waals surface area contributed by atoms with E-state index < -0.39 is 0 Å². The minimum absolute atomic E-state index is 0.994. The summed E-state index contributed by atoms with van der Waals surface area (Å²) in [6.07, 6.45) is 25.2. The molecule has 0 nitrogen and oxygen atoms in total. The maximum atomic E-state index is 2.64. The highest BCUT2D eigenvalue weighted by molar-refractivity contribution is 5.23. The van der Waals surface area contributed by atoms with Crippen LogP contribution in [-0.2, 0) is 12.8 Å². The van der Waals surface area contributed by atoms with Crippen LogP contribution in [0.5, 0.6) is 0 Å². The molecule has 1 unspecified atom stereocenters. The molecule has 0 aromatic heterocycles. The molecule has 2 aliphatic carbocycles. The lowest BCUT2D eigenvalue weighted by molar-refractivity contribution is 0.185. The molecule has 0 bridgehead atoms. The molecule has 0 saturated heterocycles. The van der Waals surface area contributed by atoms with Crippen LogP contribution in [0.3, 0.4) is 0 Å². The van der Waals surface area contributed by atoms with Gasteiger partial charge in [0, 0.05) is 0 Å². The third-order valence-electron chi connectivity index (χ3n) is 7.87. The molecule has 2 aliphatic rings. The van der Waals surface area contributed by atoms with E-state index in [1.165, 1.54) is 114 Å². The third-order valence-corrected chi connectivity index (χ3v) is 7.87. The molecule has 1 atom stereocenters. The fraction of sp³-hybridized carbons (Fsp3) is 0.724. The van der Waals surface area contributed by atoms with Crippen molar-refractivity contribution in [3.8, 4) is 0 Å². The molecule has 1 aromatic carbocycles. The molecule has 0 amide bonds. The van der Waals surface area contributed by atoms with Crippen molar-refractivity contribution in [1.29, 1.82) is 0 Å². The molecule has 0 heteroatoms. The van der Waals surface area contributed by atoms with Gasteiger partial charge in [0.1, 0.15) is 0 Å². The smallest absolute Gasteiger partial charge is 0.0241 e. The Hall–Kier alpha value is -1.04. The van der Waals surface area contributed by atoms with E-state index in [1.807, 2.05) is 0 Å². The minimum atomic E-state index is 0.994. The summed E-state index contributed by atoms with van der Waals surface area (Å²) >= 11 is 0. The van der Waals surface area contributed by atoms with Crippen LogP contribution in [0, 0.1) is 17.8 Å². The Morgan fingerprint density at radius 2 is 1.41 bits per heavy atom. The Labute approximate surface area is 181 Å². The summed E-state index contributed by atoms with van der Waals surface area (Å²) in [4.78, 5) is 0. The summed E-state index contributed by atoms with van der Waals surface area (Å²) in [6.45, 7) is 4.58. The molecule has 29 heavy (non-hydrogen) atoms. The highest BCUT2D eigenvalue weighted by Gasteiger charge is 2.28. The number of benzene rings is 1. The monoisotopic (exact) mass is 394 g/mol. The first kappa shape index (κ1) is 22.6. The van der Waals surface area contributed by atoms with Gasteiger partial charge in [-0.1, -0.05) is 101 Å². The number of allylic oxidation sites excluding steroid dienone is 2. The van der Waals surface area contributed by atoms with Crippen LogP contribution < -0.4 is 0 Å². The lowest BCUT2D eigenvalue weighted by atomic mass is 9.70. The fourth-order valence-corrected chi connectivity index (χ4v) is 5.84. The second-order valence-corrected chi connectivity index (χ2v) is 10.1. The van der Waals surface area contributed by atoms with E-state index >= 15 is 0 Å². The summed E-state index contributed by atoms with van der Waals surface area (Å²) in [6, 6.07) is 9.39. The minimum Gasteiger partial charge on any atom is -0.0850 e. The molecule has 0 aliphatic heterocycles. The van der Waals surface area contributed by atoms with Crippen molar-refractivity contribution >= 4 is 0 Å². The summed E-state index contributed by atoms with van der Waals surface area (Å²) in [7, 11) is 0. The molecule has 1 saturated carbocycles. The van der Waals surface area contributed by atoms with Crippen molar-refractivity contribution in [2.24, 2.45) is 17.8 Å². The molecular formula is C29H46. The normalized spacial score (nSPS) is 25.0. The standard InChI is InChI=1S/C29H46/c1-3-5-6-7-9-25-16-20-28(21-17-25)29-22-18-27(19-23-29)15-14-26-12-10-24(8-4-2)11-13-26/h10-13,18,25,28-29H,3-9,14-17,19-23H2,1-2H3. The largest absolute Gasteiger partial charge is 0.0850 e. The quantitative estimate of drug-likeness (QED) is 0.259. The van der Waals surface area contributed by atoms with Crippen molar-refractivity contribution in [2.45, 2.75) is 117 Å². The summed E-state index contributed by atoms with van der Waals surface area (Å²) in [5.74, 6) is 3.08. The zero-order valence-corrected chi connectivity index (χ0v) is 19.4. The van der Waals surface area contributed by atoms with Crippen molar-refractivity contribution < 1.29 is 0 Å². The zero-order chi connectivity index (χ0) is 20.3. The van der Waals surface area contributed by atoms with Gasteiger partial charge in [-0.15, -0.1) is 0 Å². The first-order chi connectivity index (χ1) is 14.3. The summed E-state index contributed by atoms with van der Waals surface area (Å²) in [5, 5.41) is 0. The van der Waals surface area contributed by atoms with Crippen LogP contribution >= 0.6 is 0 Å². The van der Waals surface area contributed by atoms with Crippen LogP contribution in [0.4, 0.5) is 0 Å². The second-order valence-electron chi connectivity index (χ2n) is 10.1. The van der Waals surface area contributed by atoms with E-state index in [0.717, 1.165) is 17.8 Å². The van der Waals surface area contributed by atoms with E-state index in [9.17, 15) is 0 Å². The fourth-order valence-electron chi connectivity index (χ4n) is 5.84. The first-order valence-electron chi connectivity index (χ1n) is 13.0. The highest BCUT2D eigenvalue weighted by atomic mass is 14.3. The van der Waals surface area contributed by atoms with Crippen LogP contribution in [0.15, 0.2) is 35.9 Å². The van der Waals surface area contributed by atoms with E-state index in [2.05, 4.69) is 44.2 Å². The van der Waals surface area contributed by atoms with E-state index in [-0.39, 0.29) is 0 Å². The topological polar surface area (TPSA) is 0 Å². The van der Waals surface area contributed by atoms with Crippen LogP contribution in [0.1, 0.15) is 115 Å². The van der Waals surface area contributed by atoms with E-state index in [1.54, 1.807) is 5.57 Å². The van der Waals surface area contributed by atoms with Gasteiger partial charge in [0.2, 0.25) is 0 Å². The number of aryl methyl sites for hydroxylation is 2. The van der Waals surface area contributed by atoms with Crippen molar-refractivity contribution in [2.75, 3.05) is 0 Å². The number of hydrogen-bond donors (Lipinski definition) is 0. The van der Waals surface area contributed by atoms with Gasteiger partial charge in [-0.3, -0.25) is 0 Å². The van der Waals surface area contributed by atoms with Gasteiger partial charge in [0.05, 0.1) is 0 Å². The van der Waals surface area contributed by atoms with Crippen LogP contribution in [0.25, 0.3) is 0 Å². The molecule has 0 spiro atoms. The average Bonchev–Trinajstić information content (AvgIpc) is 2.77. The van der Waals surface area contributed by atoms with Gasteiger partial charge in [-0.2, -0.15) is 0 Å². The molecule has 162 valence electrons. The SMILES string of the molecule is CCCCCCC1CCC(C2CC=C(CCc3ccc(CCC)cc3)CC2)CC1. The first-order valence-corrected chi connectivity index (χ1v) is 13.0. The predicted molar refractivity (Wildman–Crippen MR) is 128 cm³/mol. The lowest BCUT2D eigenvalue weighted by Gasteiger charge is -2.35. The average molecular weight is 395 g/mol. The Kier molecular flexibility index (Phi) is 9.84. The second kappa shape index (κ2) is 12.6. The number of hydrogen-bond acceptors (Lipinski definition) is 0. The van der Waals surface area contributed by atoms with Gasteiger partial charge in [-0.25, -0.2) is 0 Å². The Morgan fingerprint density at radius 3 is 2.03 bits per heavy atom. The van der Waals surface area contributed by atoms with Gasteiger partial charge >= 0.3 is 0 Å². The van der Waals surface area contributed by atoms with Crippen molar-refractivity contribution in [1.82, 2.24) is 0 Å². The number of unbranched alkanes of at least 4 members (excludes halogenated alkanes) is 3. The molecular weight excluding hydrogens is 348 g/mol. The number of rotatable bonds is 11. The van der Waals surface area contributed by atoms with Gasteiger partial charge < -0.3 is 0 Å². The predicted octanol–water partition coefficient (Wildman–Crippen LogP) is 9.08. The van der Waals surface area contributed by atoms with Gasteiger partial charge in [-0.05, 0) is 80.2 Å².